The number of ether oxygens (including phenoxy) is 2. The third kappa shape index (κ3) is 14.8. The lowest BCUT2D eigenvalue weighted by Gasteiger charge is -2.21. The van der Waals surface area contributed by atoms with E-state index in [2.05, 4.69) is 17.0 Å². The Balaban J connectivity index is 1.55. The maximum absolute atomic E-state index is 12.6. The number of hydrogen-bond acceptors (Lipinski definition) is 10. The van der Waals surface area contributed by atoms with E-state index in [-0.39, 0.29) is 12.4 Å². The van der Waals surface area contributed by atoms with Gasteiger partial charge in [-0.15, -0.1) is 0 Å². The Labute approximate surface area is 261 Å². The van der Waals surface area contributed by atoms with Crippen LogP contribution < -0.4 is 10.8 Å². The normalized spacial score (nSPS) is 22.2. The highest BCUT2D eigenvalue weighted by molar-refractivity contribution is 7.54. The van der Waals surface area contributed by atoms with Crippen molar-refractivity contribution < 1.29 is 43.9 Å². The molecule has 1 aromatic rings. The van der Waals surface area contributed by atoms with Gasteiger partial charge in [-0.2, -0.15) is 4.98 Å². The van der Waals surface area contributed by atoms with Crippen LogP contribution in [0.15, 0.2) is 17.1 Å². The van der Waals surface area contributed by atoms with Crippen LogP contribution in [-0.4, -0.2) is 85.7 Å². The third-order valence-electron chi connectivity index (χ3n) is 7.82. The lowest BCUT2D eigenvalue weighted by atomic mass is 10.0. The Kier molecular flexibility index (Phi) is 19.5. The van der Waals surface area contributed by atoms with Gasteiger partial charge in [-0.3, -0.25) is 14.2 Å². The summed E-state index contributed by atoms with van der Waals surface area (Å²) in [7, 11) is -4.53. The fourth-order valence-corrected chi connectivity index (χ4v) is 6.23. The minimum Gasteiger partial charge on any atom is -0.394 e. The van der Waals surface area contributed by atoms with Gasteiger partial charge in [0.25, 0.3) is 0 Å². The molecule has 1 fully saturated rings. The summed E-state index contributed by atoms with van der Waals surface area (Å²) < 4.78 is 29.4. The van der Waals surface area contributed by atoms with Crippen molar-refractivity contribution in [2.45, 2.75) is 140 Å². The van der Waals surface area contributed by atoms with Crippen molar-refractivity contribution in [3.63, 3.8) is 0 Å². The van der Waals surface area contributed by atoms with Gasteiger partial charge in [0.05, 0.1) is 19.8 Å². The van der Waals surface area contributed by atoms with Crippen LogP contribution in [-0.2, 0) is 18.6 Å². The average molecular weight is 650 g/mol. The highest BCUT2D eigenvalue weighted by Gasteiger charge is 2.43. The second-order valence-corrected chi connectivity index (χ2v) is 13.1. The number of aliphatic hydroxyl groups excluding tert-OH is 4. The molecule has 2 heterocycles. The van der Waals surface area contributed by atoms with E-state index in [4.69, 9.17) is 14.0 Å². The summed E-state index contributed by atoms with van der Waals surface area (Å²) in [5.74, 6) is -0.283. The minimum absolute atomic E-state index is 0.0816. The monoisotopic (exact) mass is 649 g/mol. The summed E-state index contributed by atoms with van der Waals surface area (Å²) in [6.07, 6.45) is 15.2. The first-order valence-corrected chi connectivity index (χ1v) is 18.0. The molecule has 0 saturated carbocycles. The lowest BCUT2D eigenvalue weighted by Crippen LogP contribution is -2.36. The molecule has 2 unspecified atom stereocenters. The zero-order valence-electron chi connectivity index (χ0n) is 26.3. The molecule has 1 saturated heterocycles. The molecule has 1 aliphatic heterocycles. The van der Waals surface area contributed by atoms with Crippen molar-refractivity contribution in [3.05, 3.63) is 22.7 Å². The van der Waals surface area contributed by atoms with Crippen LogP contribution in [0.25, 0.3) is 0 Å². The molecule has 1 aliphatic rings. The van der Waals surface area contributed by atoms with Crippen molar-refractivity contribution in [3.8, 4) is 0 Å². The zero-order chi connectivity index (χ0) is 32.2. The number of aliphatic hydroxyl groups is 4. The van der Waals surface area contributed by atoms with Gasteiger partial charge in [-0.1, -0.05) is 103 Å². The van der Waals surface area contributed by atoms with E-state index in [0.717, 1.165) is 30.0 Å². The molecule has 0 radical (unpaired) electrons. The predicted octanol–water partition coefficient (Wildman–Crippen LogP) is 4.02. The summed E-state index contributed by atoms with van der Waals surface area (Å²) in [5.41, 5.74) is -0.939. The Morgan fingerprint density at radius 1 is 0.932 bits per heavy atom. The molecule has 6 atom stereocenters. The molecule has 0 aromatic carbocycles. The minimum atomic E-state index is -4.53. The Morgan fingerprint density at radius 3 is 1.95 bits per heavy atom. The van der Waals surface area contributed by atoms with Gasteiger partial charge in [0, 0.05) is 12.8 Å². The number of aromatic nitrogens is 2. The quantitative estimate of drug-likeness (QED) is 0.0625. The summed E-state index contributed by atoms with van der Waals surface area (Å²) in [5, 5.41) is 40.9. The van der Waals surface area contributed by atoms with E-state index >= 15 is 0 Å². The second kappa shape index (κ2) is 22.2. The number of nitrogens with one attached hydrogen (secondary N) is 1. The molecule has 14 heteroatoms. The van der Waals surface area contributed by atoms with Gasteiger partial charge in [0.1, 0.15) is 30.2 Å². The zero-order valence-corrected chi connectivity index (χ0v) is 27.2. The number of anilines is 1. The number of rotatable bonds is 26. The van der Waals surface area contributed by atoms with E-state index < -0.39 is 57.3 Å². The van der Waals surface area contributed by atoms with Gasteiger partial charge in [0.2, 0.25) is 0 Å². The standard InChI is InChI=1S/C30H56N3O10P/c1-2-3-4-5-6-7-8-9-10-11-12-13-14-15-16-17-20-41-23-24(21-34)43-44(39,40)32-26-18-19-33(30(38)31-26)29-28(37)27(36)25(22-35)42-29/h18-19,24-25,27-29,34-37H,2-17,20-23H2,1H3,(H2,31,32,38,39,40)/t24?,25-,27-,28+,29-/m1/s1. The molecule has 44 heavy (non-hydrogen) atoms. The van der Waals surface area contributed by atoms with Crippen LogP contribution in [0.1, 0.15) is 116 Å². The Bertz CT molecular complexity index is 1000. The maximum Gasteiger partial charge on any atom is 0.431 e. The van der Waals surface area contributed by atoms with Crippen LogP contribution in [0.4, 0.5) is 5.82 Å². The molecule has 0 spiro atoms. The molecule has 13 nitrogen and oxygen atoms in total. The Hall–Kier alpha value is -1.41. The Morgan fingerprint density at radius 2 is 1.48 bits per heavy atom. The van der Waals surface area contributed by atoms with Gasteiger partial charge in [-0.25, -0.2) is 9.36 Å². The number of hydrogen-bond donors (Lipinski definition) is 6. The molecule has 0 bridgehead atoms. The van der Waals surface area contributed by atoms with Crippen molar-refractivity contribution in [2.75, 3.05) is 31.5 Å². The average Bonchev–Trinajstić information content (AvgIpc) is 3.28. The van der Waals surface area contributed by atoms with Crippen LogP contribution in [0, 0.1) is 0 Å². The first-order chi connectivity index (χ1) is 21.2. The van der Waals surface area contributed by atoms with Crippen LogP contribution in [0.3, 0.4) is 0 Å². The van der Waals surface area contributed by atoms with Crippen LogP contribution in [0.5, 0.6) is 0 Å². The fraction of sp³-hybridized carbons (Fsp3) is 0.867. The fourth-order valence-electron chi connectivity index (χ4n) is 5.24. The molecular formula is C30H56N3O10P. The first-order valence-electron chi connectivity index (χ1n) is 16.4. The SMILES string of the molecule is CCCCCCCCCCCCCCCCCCOCC(CO)OP(=O)(O)Nc1ccn([C@@H]2O[C@H](CO)[C@@H](O)[C@@H]2O)c(=O)n1. The molecule has 0 amide bonds. The van der Waals surface area contributed by atoms with Gasteiger partial charge >= 0.3 is 13.4 Å². The molecule has 256 valence electrons. The largest absolute Gasteiger partial charge is 0.431 e. The molecule has 1 aromatic heterocycles. The van der Waals surface area contributed by atoms with Crippen molar-refractivity contribution in [2.24, 2.45) is 0 Å². The maximum atomic E-state index is 12.6. The highest BCUT2D eigenvalue weighted by Crippen LogP contribution is 2.42. The van der Waals surface area contributed by atoms with Gasteiger partial charge in [0.15, 0.2) is 6.23 Å². The van der Waals surface area contributed by atoms with Crippen LogP contribution in [0.2, 0.25) is 0 Å². The van der Waals surface area contributed by atoms with Crippen molar-refractivity contribution >= 4 is 13.6 Å². The van der Waals surface area contributed by atoms with Crippen molar-refractivity contribution in [1.82, 2.24) is 9.55 Å². The topological polar surface area (TPSA) is 193 Å². The number of nitrogens with zero attached hydrogens (tertiary/aromatic N) is 2. The summed E-state index contributed by atoms with van der Waals surface area (Å²) in [6.45, 7) is 1.51. The van der Waals surface area contributed by atoms with Crippen LogP contribution >= 0.6 is 7.75 Å². The van der Waals surface area contributed by atoms with Gasteiger partial charge < -0.3 is 34.8 Å². The predicted molar refractivity (Wildman–Crippen MR) is 167 cm³/mol. The molecule has 2 rings (SSSR count). The summed E-state index contributed by atoms with van der Waals surface area (Å²) >= 11 is 0. The molecular weight excluding hydrogens is 593 g/mol. The van der Waals surface area contributed by atoms with Gasteiger partial charge in [-0.05, 0) is 12.5 Å². The van der Waals surface area contributed by atoms with E-state index in [0.29, 0.717) is 6.61 Å². The van der Waals surface area contributed by atoms with E-state index in [1.54, 1.807) is 0 Å². The van der Waals surface area contributed by atoms with E-state index in [1.165, 1.54) is 89.5 Å². The van der Waals surface area contributed by atoms with E-state index in [9.17, 15) is 34.7 Å². The summed E-state index contributed by atoms with van der Waals surface area (Å²) in [6, 6.07) is 1.18. The number of unbranched alkanes of at least 4 members (excludes halogenated alkanes) is 15. The first kappa shape index (κ1) is 38.8. The molecule has 0 aliphatic carbocycles. The highest BCUT2D eigenvalue weighted by atomic mass is 31.2. The van der Waals surface area contributed by atoms with Crippen molar-refractivity contribution in [1.29, 1.82) is 0 Å². The third-order valence-corrected chi connectivity index (χ3v) is 8.91. The lowest BCUT2D eigenvalue weighted by molar-refractivity contribution is -0.0549. The molecule has 6 N–H and O–H groups in total. The van der Waals surface area contributed by atoms with E-state index in [1.807, 2.05) is 0 Å². The second-order valence-electron chi connectivity index (χ2n) is 11.7. The summed E-state index contributed by atoms with van der Waals surface area (Å²) in [4.78, 5) is 26.3. The smallest absolute Gasteiger partial charge is 0.394 e.